The summed E-state index contributed by atoms with van der Waals surface area (Å²) in [4.78, 5) is 4.65. The van der Waals surface area contributed by atoms with Crippen LogP contribution in [0.1, 0.15) is 11.1 Å². The van der Waals surface area contributed by atoms with Crippen LogP contribution in [-0.2, 0) is 6.54 Å². The zero-order chi connectivity index (χ0) is 44.9. The molecule has 1 aromatic heterocycles. The number of nitrogens with zero attached hydrogens (tertiary/aromatic N) is 3. The van der Waals surface area contributed by atoms with E-state index >= 15 is 0 Å². The van der Waals surface area contributed by atoms with Gasteiger partial charge in [-0.15, -0.1) is 0 Å². The van der Waals surface area contributed by atoms with Gasteiger partial charge in [-0.3, -0.25) is 0 Å². The molecule has 0 spiro atoms. The van der Waals surface area contributed by atoms with Gasteiger partial charge >= 0.3 is 0 Å². The molecule has 0 aliphatic carbocycles. The van der Waals surface area contributed by atoms with Crippen molar-refractivity contribution in [2.24, 2.45) is 0 Å². The second kappa shape index (κ2) is 18.4. The molecule has 0 unspecified atom stereocenters. The first-order valence-electron chi connectivity index (χ1n) is 23.0. The third kappa shape index (κ3) is 8.55. The Morgan fingerprint density at radius 1 is 0.299 bits per heavy atom. The molecule has 0 bridgehead atoms. The minimum absolute atomic E-state index is 0.847. The molecule has 11 aromatic rings. The summed E-state index contributed by atoms with van der Waals surface area (Å²) < 4.78 is 2.34. The summed E-state index contributed by atoms with van der Waals surface area (Å²) in [5.41, 5.74) is 20.1. The second-order valence-electron chi connectivity index (χ2n) is 17.1. The summed E-state index contributed by atoms with van der Waals surface area (Å²) in [7, 11) is 0. The number of rotatable bonds is 12. The Bertz CT molecular complexity index is 3380. The standard InChI is InChI=1S/C64H49N3/c1-47-14-11-12-21-61(47)53-32-40-59(41-33-53)66(55-17-7-3-8-18-55)57-36-28-51(29-37-57)49-24-26-50(27-25-49)52-30-38-58(39-31-52)67(56-19-9-4-10-20-56)60-42-34-54(35-43-60)62-22-13-23-64-63(62)44-45-65(64)46-48-15-5-2-6-16-48/h2-45H,46H2,1H3. The molecule has 0 radical (unpaired) electrons. The fourth-order valence-corrected chi connectivity index (χ4v) is 9.38. The molecule has 10 aromatic carbocycles. The SMILES string of the molecule is Cc1ccccc1-c1ccc(N(c2ccccc2)c2ccc(-c3ccc(-c4ccc(N(c5ccccc5)c5ccc(-c6cccc7c6ccn7Cc6ccccc6)cc5)cc4)cc3)cc2)cc1. The quantitative estimate of drug-likeness (QED) is 0.121. The Balaban J connectivity index is 0.821. The lowest BCUT2D eigenvalue weighted by atomic mass is 9.99. The molecule has 0 aliphatic rings. The highest BCUT2D eigenvalue weighted by molar-refractivity contribution is 5.96. The Morgan fingerprint density at radius 2 is 0.657 bits per heavy atom. The lowest BCUT2D eigenvalue weighted by molar-refractivity contribution is 0.837. The van der Waals surface area contributed by atoms with E-state index in [1.165, 1.54) is 66.5 Å². The van der Waals surface area contributed by atoms with Crippen LogP contribution in [0.3, 0.4) is 0 Å². The first kappa shape index (κ1) is 41.1. The van der Waals surface area contributed by atoms with Crippen LogP contribution in [0.4, 0.5) is 34.1 Å². The van der Waals surface area contributed by atoms with Crippen LogP contribution in [-0.4, -0.2) is 4.57 Å². The van der Waals surface area contributed by atoms with Gasteiger partial charge in [-0.05, 0) is 147 Å². The van der Waals surface area contributed by atoms with Crippen LogP contribution in [0, 0.1) is 6.92 Å². The highest BCUT2D eigenvalue weighted by atomic mass is 15.1. The molecule has 0 saturated heterocycles. The fourth-order valence-electron chi connectivity index (χ4n) is 9.38. The first-order valence-corrected chi connectivity index (χ1v) is 23.0. The number of para-hydroxylation sites is 2. The van der Waals surface area contributed by atoms with Gasteiger partial charge in [0.1, 0.15) is 0 Å². The Morgan fingerprint density at radius 3 is 1.12 bits per heavy atom. The van der Waals surface area contributed by atoms with Crippen LogP contribution in [0.5, 0.6) is 0 Å². The van der Waals surface area contributed by atoms with Gasteiger partial charge in [0, 0.05) is 57.8 Å². The zero-order valence-electron chi connectivity index (χ0n) is 37.5. The van der Waals surface area contributed by atoms with Crippen molar-refractivity contribution >= 4 is 45.0 Å². The van der Waals surface area contributed by atoms with Gasteiger partial charge in [0.15, 0.2) is 0 Å². The van der Waals surface area contributed by atoms with Crippen molar-refractivity contribution < 1.29 is 0 Å². The highest BCUT2D eigenvalue weighted by Crippen LogP contribution is 2.40. The van der Waals surface area contributed by atoms with E-state index in [-0.39, 0.29) is 0 Å². The minimum Gasteiger partial charge on any atom is -0.343 e. The van der Waals surface area contributed by atoms with Crippen molar-refractivity contribution in [2.75, 3.05) is 9.80 Å². The predicted molar refractivity (Wildman–Crippen MR) is 283 cm³/mol. The number of benzene rings is 10. The van der Waals surface area contributed by atoms with Crippen molar-refractivity contribution in [2.45, 2.75) is 13.5 Å². The smallest absolute Gasteiger partial charge is 0.0489 e. The lowest BCUT2D eigenvalue weighted by Gasteiger charge is -2.26. The van der Waals surface area contributed by atoms with Gasteiger partial charge in [-0.2, -0.15) is 0 Å². The fraction of sp³-hybridized carbons (Fsp3) is 0.0312. The van der Waals surface area contributed by atoms with E-state index in [9.17, 15) is 0 Å². The van der Waals surface area contributed by atoms with Crippen LogP contribution in [0.2, 0.25) is 0 Å². The maximum absolute atomic E-state index is 2.34. The normalized spacial score (nSPS) is 11.1. The van der Waals surface area contributed by atoms with E-state index in [4.69, 9.17) is 0 Å². The number of aryl methyl sites for hydroxylation is 1. The monoisotopic (exact) mass is 859 g/mol. The molecule has 0 fully saturated rings. The molecule has 320 valence electrons. The van der Waals surface area contributed by atoms with Crippen molar-refractivity contribution in [3.8, 4) is 44.5 Å². The third-order valence-corrected chi connectivity index (χ3v) is 12.9. The summed E-state index contributed by atoms with van der Waals surface area (Å²) in [6.45, 7) is 3.01. The number of anilines is 6. The van der Waals surface area contributed by atoms with E-state index in [0.717, 1.165) is 40.7 Å². The number of aromatic nitrogens is 1. The third-order valence-electron chi connectivity index (χ3n) is 12.9. The minimum atomic E-state index is 0.847. The topological polar surface area (TPSA) is 11.4 Å². The van der Waals surface area contributed by atoms with E-state index in [1.54, 1.807) is 0 Å². The van der Waals surface area contributed by atoms with E-state index in [0.29, 0.717) is 0 Å². The van der Waals surface area contributed by atoms with Crippen molar-refractivity contribution in [1.82, 2.24) is 4.57 Å². The summed E-state index contributed by atoms with van der Waals surface area (Å²) in [5, 5.41) is 1.26. The molecular formula is C64H49N3. The Hall–Kier alpha value is -8.66. The molecule has 1 heterocycles. The van der Waals surface area contributed by atoms with E-state index in [2.05, 4.69) is 288 Å². The largest absolute Gasteiger partial charge is 0.343 e. The van der Waals surface area contributed by atoms with Crippen LogP contribution in [0.15, 0.2) is 267 Å². The average molecular weight is 860 g/mol. The van der Waals surface area contributed by atoms with Gasteiger partial charge in [-0.1, -0.05) is 176 Å². The second-order valence-corrected chi connectivity index (χ2v) is 17.1. The Kier molecular flexibility index (Phi) is 11.3. The number of hydrogen-bond acceptors (Lipinski definition) is 2. The maximum atomic E-state index is 2.34. The summed E-state index contributed by atoms with van der Waals surface area (Å²) in [5.74, 6) is 0. The summed E-state index contributed by atoms with van der Waals surface area (Å²) in [6.07, 6.45) is 2.21. The summed E-state index contributed by atoms with van der Waals surface area (Å²) >= 11 is 0. The highest BCUT2D eigenvalue weighted by Gasteiger charge is 2.16. The molecule has 3 heteroatoms. The molecule has 0 atom stereocenters. The average Bonchev–Trinajstić information content (AvgIpc) is 3.81. The van der Waals surface area contributed by atoms with Crippen molar-refractivity contribution in [3.63, 3.8) is 0 Å². The van der Waals surface area contributed by atoms with Gasteiger partial charge in [0.25, 0.3) is 0 Å². The molecule has 0 amide bonds. The van der Waals surface area contributed by atoms with Crippen LogP contribution >= 0.6 is 0 Å². The molecule has 0 N–H and O–H groups in total. The van der Waals surface area contributed by atoms with Crippen LogP contribution < -0.4 is 9.80 Å². The lowest BCUT2D eigenvalue weighted by Crippen LogP contribution is -2.09. The number of fused-ring (bicyclic) bond motifs is 1. The first-order chi connectivity index (χ1) is 33.1. The molecule has 3 nitrogen and oxygen atoms in total. The van der Waals surface area contributed by atoms with Crippen molar-refractivity contribution in [1.29, 1.82) is 0 Å². The summed E-state index contributed by atoms with van der Waals surface area (Å²) in [6, 6.07) is 93.9. The Labute approximate surface area is 393 Å². The van der Waals surface area contributed by atoms with Gasteiger partial charge in [0.05, 0.1) is 0 Å². The van der Waals surface area contributed by atoms with E-state index in [1.807, 2.05) is 0 Å². The predicted octanol–water partition coefficient (Wildman–Crippen LogP) is 17.6. The molecule has 0 aliphatic heterocycles. The number of hydrogen-bond donors (Lipinski definition) is 0. The molecular weight excluding hydrogens is 811 g/mol. The molecule has 0 saturated carbocycles. The zero-order valence-corrected chi connectivity index (χ0v) is 37.5. The van der Waals surface area contributed by atoms with Gasteiger partial charge in [0.2, 0.25) is 0 Å². The van der Waals surface area contributed by atoms with Crippen LogP contribution in [0.25, 0.3) is 55.4 Å². The van der Waals surface area contributed by atoms with Gasteiger partial charge < -0.3 is 14.4 Å². The molecule has 11 rings (SSSR count). The molecule has 67 heavy (non-hydrogen) atoms. The van der Waals surface area contributed by atoms with E-state index < -0.39 is 0 Å². The van der Waals surface area contributed by atoms with Gasteiger partial charge in [-0.25, -0.2) is 0 Å². The van der Waals surface area contributed by atoms with Crippen molar-refractivity contribution in [3.05, 3.63) is 278 Å². The maximum Gasteiger partial charge on any atom is 0.0489 e.